The van der Waals surface area contributed by atoms with Crippen molar-refractivity contribution in [3.05, 3.63) is 106 Å². The lowest BCUT2D eigenvalue weighted by atomic mass is 9.92. The van der Waals surface area contributed by atoms with E-state index >= 15 is 0 Å². The van der Waals surface area contributed by atoms with Gasteiger partial charge in [0.2, 0.25) is 0 Å². The van der Waals surface area contributed by atoms with Crippen LogP contribution in [0.25, 0.3) is 0 Å². The number of nitrogens with zero attached hydrogens (tertiary/aromatic N) is 3. The molecule has 0 N–H and O–H groups in total. The summed E-state index contributed by atoms with van der Waals surface area (Å²) in [5.74, 6) is 0.0599. The summed E-state index contributed by atoms with van der Waals surface area (Å²) in [6.07, 6.45) is 0.968. The lowest BCUT2D eigenvalue weighted by molar-refractivity contribution is -0.119. The van der Waals surface area contributed by atoms with E-state index in [4.69, 9.17) is 0 Å². The molecule has 2 aliphatic rings. The van der Waals surface area contributed by atoms with Crippen molar-refractivity contribution in [1.82, 2.24) is 14.9 Å². The highest BCUT2D eigenvalue weighted by atomic mass is 79.9. The average Bonchev–Trinajstić information content (AvgIpc) is 2.79. The number of rotatable bonds is 3. The maximum Gasteiger partial charge on any atom is 0.269 e. The molecule has 0 bridgehead atoms. The minimum absolute atomic E-state index is 0.0599. The van der Waals surface area contributed by atoms with Crippen molar-refractivity contribution in [2.45, 2.75) is 19.0 Å². The van der Waals surface area contributed by atoms with Crippen LogP contribution < -0.4 is 0 Å². The first-order chi connectivity index (χ1) is 14.7. The van der Waals surface area contributed by atoms with Crippen LogP contribution in [0.15, 0.2) is 83.3 Å². The number of halogens is 1. The Hall–Kier alpha value is -2.47. The topological polar surface area (TPSA) is 26.8 Å². The number of hydrogen-bond acceptors (Lipinski definition) is 3. The summed E-state index contributed by atoms with van der Waals surface area (Å²) in [5, 5.41) is 4.24. The number of carbonyl (C=O) groups is 1. The van der Waals surface area contributed by atoms with Crippen LogP contribution in [0.1, 0.15) is 33.1 Å². The summed E-state index contributed by atoms with van der Waals surface area (Å²) in [4.78, 5) is 15.9. The molecule has 0 aromatic heterocycles. The van der Waals surface area contributed by atoms with Crippen LogP contribution in [0.5, 0.6) is 0 Å². The molecule has 1 fully saturated rings. The number of hydrazine groups is 1. The van der Waals surface area contributed by atoms with Gasteiger partial charge in [-0.25, -0.2) is 5.01 Å². The molecule has 0 radical (unpaired) electrons. The van der Waals surface area contributed by atoms with Crippen molar-refractivity contribution in [3.63, 3.8) is 0 Å². The quantitative estimate of drug-likeness (QED) is 0.555. The molecule has 3 aromatic carbocycles. The van der Waals surface area contributed by atoms with Crippen LogP contribution in [-0.2, 0) is 13.0 Å². The van der Waals surface area contributed by atoms with Gasteiger partial charge >= 0.3 is 0 Å². The molecule has 5 rings (SSSR count). The molecule has 5 heteroatoms. The summed E-state index contributed by atoms with van der Waals surface area (Å²) in [5.41, 5.74) is 4.73. The fourth-order valence-electron chi connectivity index (χ4n) is 4.57. The van der Waals surface area contributed by atoms with Crippen LogP contribution in [0.2, 0.25) is 0 Å². The Morgan fingerprint density at radius 2 is 1.67 bits per heavy atom. The van der Waals surface area contributed by atoms with E-state index in [1.807, 2.05) is 35.3 Å². The third kappa shape index (κ3) is 3.81. The minimum Gasteiger partial charge on any atom is -0.278 e. The predicted octanol–water partition coefficient (Wildman–Crippen LogP) is 4.88. The molecule has 1 saturated heterocycles. The monoisotopic (exact) mass is 461 g/mol. The maximum absolute atomic E-state index is 13.5. The molecule has 3 aromatic rings. The van der Waals surface area contributed by atoms with E-state index in [1.54, 1.807) is 0 Å². The Balaban J connectivity index is 1.48. The van der Waals surface area contributed by atoms with Gasteiger partial charge in [0.25, 0.3) is 5.91 Å². The van der Waals surface area contributed by atoms with Crippen molar-refractivity contribution in [3.8, 4) is 0 Å². The predicted molar refractivity (Wildman–Crippen MR) is 122 cm³/mol. The molecule has 0 unspecified atom stereocenters. The lowest BCUT2D eigenvalue weighted by Crippen LogP contribution is -2.61. The Labute approximate surface area is 185 Å². The third-order valence-electron chi connectivity index (χ3n) is 6.03. The fourth-order valence-corrected chi connectivity index (χ4v) is 4.84. The van der Waals surface area contributed by atoms with Gasteiger partial charge < -0.3 is 0 Å². The number of fused-ring (bicyclic) bond motifs is 3. The van der Waals surface area contributed by atoms with Crippen molar-refractivity contribution >= 4 is 21.8 Å². The molecule has 0 spiro atoms. The molecule has 4 nitrogen and oxygen atoms in total. The summed E-state index contributed by atoms with van der Waals surface area (Å²) in [6, 6.07) is 27.0. The van der Waals surface area contributed by atoms with Crippen molar-refractivity contribution in [2.24, 2.45) is 0 Å². The smallest absolute Gasteiger partial charge is 0.269 e. The summed E-state index contributed by atoms with van der Waals surface area (Å²) < 4.78 is 0.980. The molecule has 1 amide bonds. The van der Waals surface area contributed by atoms with Gasteiger partial charge in [-0.3, -0.25) is 14.7 Å². The normalized spacial score (nSPS) is 19.2. The van der Waals surface area contributed by atoms with E-state index in [0.29, 0.717) is 6.67 Å². The first-order valence-corrected chi connectivity index (χ1v) is 11.2. The van der Waals surface area contributed by atoms with Gasteiger partial charge in [0.05, 0.1) is 12.7 Å². The van der Waals surface area contributed by atoms with E-state index in [-0.39, 0.29) is 11.9 Å². The first kappa shape index (κ1) is 19.5. The van der Waals surface area contributed by atoms with E-state index in [0.717, 1.165) is 36.1 Å². The van der Waals surface area contributed by atoms with Crippen LogP contribution in [0.3, 0.4) is 0 Å². The summed E-state index contributed by atoms with van der Waals surface area (Å²) in [6.45, 7) is 3.21. The molecule has 1 atom stereocenters. The number of carbonyl (C=O) groups excluding carboxylic acids is 1. The van der Waals surface area contributed by atoms with E-state index in [1.165, 1.54) is 16.7 Å². The van der Waals surface area contributed by atoms with Crippen molar-refractivity contribution in [1.29, 1.82) is 0 Å². The summed E-state index contributed by atoms with van der Waals surface area (Å²) in [7, 11) is 0. The Bertz CT molecular complexity index is 1040. The summed E-state index contributed by atoms with van der Waals surface area (Å²) >= 11 is 3.47. The standard InChI is InChI=1S/C25H24BrN3O/c26-22-12-10-21(11-13-22)25(30)29-18-27(16-19-6-2-1-3-7-19)17-24-23-9-5-4-8-20(23)14-15-28(24)29/h1-13,24H,14-18H2/t24-/m1/s1. The molecular weight excluding hydrogens is 438 g/mol. The first-order valence-electron chi connectivity index (χ1n) is 10.4. The highest BCUT2D eigenvalue weighted by molar-refractivity contribution is 9.10. The number of benzene rings is 3. The number of amides is 1. The minimum atomic E-state index is 0.0599. The van der Waals surface area contributed by atoms with Gasteiger partial charge in [-0.15, -0.1) is 0 Å². The molecular formula is C25H24BrN3O. The van der Waals surface area contributed by atoms with Gasteiger partial charge in [0, 0.05) is 29.7 Å². The van der Waals surface area contributed by atoms with Crippen LogP contribution in [0, 0.1) is 0 Å². The largest absolute Gasteiger partial charge is 0.278 e. The zero-order valence-electron chi connectivity index (χ0n) is 16.7. The molecule has 2 heterocycles. The van der Waals surface area contributed by atoms with Crippen molar-refractivity contribution < 1.29 is 4.79 Å². The highest BCUT2D eigenvalue weighted by Gasteiger charge is 2.39. The van der Waals surface area contributed by atoms with E-state index in [2.05, 4.69) is 74.4 Å². The van der Waals surface area contributed by atoms with Gasteiger partial charge in [0.15, 0.2) is 0 Å². The van der Waals surface area contributed by atoms with E-state index in [9.17, 15) is 4.79 Å². The van der Waals surface area contributed by atoms with Crippen LogP contribution >= 0.6 is 15.9 Å². The van der Waals surface area contributed by atoms with E-state index < -0.39 is 0 Å². The van der Waals surface area contributed by atoms with Gasteiger partial charge in [-0.1, -0.05) is 70.5 Å². The second-order valence-electron chi connectivity index (χ2n) is 7.98. The SMILES string of the molecule is O=C(c1ccc(Br)cc1)N1CN(Cc2ccccc2)C[C@@H]2c3ccccc3CCN21. The fraction of sp³-hybridized carbons (Fsp3) is 0.240. The van der Waals surface area contributed by atoms with Gasteiger partial charge in [0.1, 0.15) is 0 Å². The van der Waals surface area contributed by atoms with Crippen LogP contribution in [0.4, 0.5) is 0 Å². The number of hydrogen-bond donors (Lipinski definition) is 0. The second-order valence-corrected chi connectivity index (χ2v) is 8.89. The lowest BCUT2D eigenvalue weighted by Gasteiger charge is -2.51. The van der Waals surface area contributed by atoms with Gasteiger partial charge in [-0.05, 0) is 47.4 Å². The highest BCUT2D eigenvalue weighted by Crippen LogP contribution is 2.35. The molecule has 0 aliphatic carbocycles. The second kappa shape index (κ2) is 8.34. The molecule has 30 heavy (non-hydrogen) atoms. The Kier molecular flexibility index (Phi) is 5.42. The molecule has 0 saturated carbocycles. The zero-order valence-corrected chi connectivity index (χ0v) is 18.3. The average molecular weight is 462 g/mol. The third-order valence-corrected chi connectivity index (χ3v) is 6.56. The molecule has 152 valence electrons. The van der Waals surface area contributed by atoms with Crippen molar-refractivity contribution in [2.75, 3.05) is 19.8 Å². The zero-order chi connectivity index (χ0) is 20.5. The molecule has 2 aliphatic heterocycles. The van der Waals surface area contributed by atoms with Gasteiger partial charge in [-0.2, -0.15) is 0 Å². The maximum atomic E-state index is 13.5. The Morgan fingerprint density at radius 1 is 0.933 bits per heavy atom. The Morgan fingerprint density at radius 3 is 2.47 bits per heavy atom. The van der Waals surface area contributed by atoms with Crippen LogP contribution in [-0.4, -0.2) is 40.6 Å².